The number of aryl methyl sites for hydroxylation is 2. The van der Waals surface area contributed by atoms with Crippen LogP contribution in [0, 0.1) is 19.3 Å². The van der Waals surface area contributed by atoms with E-state index in [0.717, 1.165) is 41.2 Å². The van der Waals surface area contributed by atoms with E-state index in [1.165, 1.54) is 0 Å². The molecule has 3 rings (SSSR count). The Bertz CT molecular complexity index is 1140. The summed E-state index contributed by atoms with van der Waals surface area (Å²) in [6.45, 7) is 16.9. The van der Waals surface area contributed by atoms with Gasteiger partial charge in [0.15, 0.2) is 6.29 Å². The van der Waals surface area contributed by atoms with E-state index in [4.69, 9.17) is 9.15 Å². The van der Waals surface area contributed by atoms with Crippen molar-refractivity contribution in [3.05, 3.63) is 64.4 Å². The molecular formula is C29H38O5. The first-order chi connectivity index (χ1) is 15.9. The van der Waals surface area contributed by atoms with Crippen molar-refractivity contribution < 1.29 is 23.8 Å². The number of hydrogen-bond acceptors (Lipinski definition) is 4. The highest BCUT2D eigenvalue weighted by Gasteiger charge is 2.32. The number of carbonyl (C=O) groups is 2. The molecule has 1 N–H and O–H groups in total. The van der Waals surface area contributed by atoms with Crippen LogP contribution in [0.4, 0.5) is 0 Å². The number of rotatable bonds is 8. The SMILES string of the molecule is CC(C)(C)C.CCC(CC)(c1ccc(OCC=O)c(C)c1)c1ccc2oc(C(=O)O)c(C)c2c1. The second-order valence-electron chi connectivity index (χ2n) is 10.3. The summed E-state index contributed by atoms with van der Waals surface area (Å²) in [6, 6.07) is 12.0. The number of furan rings is 1. The zero-order chi connectivity index (χ0) is 25.7. The van der Waals surface area contributed by atoms with E-state index in [2.05, 4.69) is 59.7 Å². The molecule has 0 aliphatic heterocycles. The largest absolute Gasteiger partial charge is 0.486 e. The predicted octanol–water partition coefficient (Wildman–Crippen LogP) is 7.48. The summed E-state index contributed by atoms with van der Waals surface area (Å²) < 4.78 is 11.0. The summed E-state index contributed by atoms with van der Waals surface area (Å²) in [5.41, 5.74) is 4.76. The van der Waals surface area contributed by atoms with Crippen molar-refractivity contribution in [2.75, 3.05) is 6.61 Å². The lowest BCUT2D eigenvalue weighted by Crippen LogP contribution is -2.26. The maximum atomic E-state index is 11.4. The number of aromatic carboxylic acids is 1. The van der Waals surface area contributed by atoms with E-state index in [9.17, 15) is 14.7 Å². The Morgan fingerprint density at radius 1 is 1.00 bits per heavy atom. The van der Waals surface area contributed by atoms with Gasteiger partial charge in [0, 0.05) is 16.4 Å². The first kappa shape index (κ1) is 27.2. The van der Waals surface area contributed by atoms with E-state index in [1.54, 1.807) is 6.92 Å². The Morgan fingerprint density at radius 3 is 2.06 bits per heavy atom. The fourth-order valence-electron chi connectivity index (χ4n) is 4.19. The number of benzene rings is 2. The molecule has 34 heavy (non-hydrogen) atoms. The topological polar surface area (TPSA) is 76.7 Å². The van der Waals surface area contributed by atoms with Crippen LogP contribution in [0.1, 0.15) is 87.2 Å². The molecule has 0 unspecified atom stereocenters. The third kappa shape index (κ3) is 6.07. The average molecular weight is 467 g/mol. The second-order valence-corrected chi connectivity index (χ2v) is 10.3. The standard InChI is InChI=1S/C24H26O5.C5H12/c1-5-24(6-2,17-7-9-20(15(3)13-17)28-12-11-25)18-8-10-21-19(14-18)16(4)22(29-21)23(26)27;1-5(2,3)4/h7-11,13-14H,5-6,12H2,1-4H3,(H,26,27);1-4H3. The molecule has 0 aliphatic carbocycles. The van der Waals surface area contributed by atoms with Crippen molar-refractivity contribution in [2.45, 2.75) is 73.6 Å². The van der Waals surface area contributed by atoms with Gasteiger partial charge in [0.25, 0.3) is 0 Å². The van der Waals surface area contributed by atoms with E-state index < -0.39 is 5.97 Å². The summed E-state index contributed by atoms with van der Waals surface area (Å²) in [5, 5.41) is 10.2. The Hall–Kier alpha value is -3.08. The molecule has 3 aromatic rings. The molecule has 0 fully saturated rings. The monoisotopic (exact) mass is 466 g/mol. The van der Waals surface area contributed by atoms with Gasteiger partial charge in [-0.1, -0.05) is 59.7 Å². The molecular weight excluding hydrogens is 428 g/mol. The number of carbonyl (C=O) groups excluding carboxylic acids is 1. The molecule has 2 aromatic carbocycles. The van der Waals surface area contributed by atoms with Gasteiger partial charge in [0.2, 0.25) is 5.76 Å². The summed E-state index contributed by atoms with van der Waals surface area (Å²) in [4.78, 5) is 22.0. The number of carboxylic acid groups (broad SMARTS) is 1. The van der Waals surface area contributed by atoms with Crippen LogP contribution in [0.15, 0.2) is 40.8 Å². The van der Waals surface area contributed by atoms with Crippen LogP contribution in [0.3, 0.4) is 0 Å². The molecule has 5 heteroatoms. The van der Waals surface area contributed by atoms with Crippen LogP contribution in [-0.4, -0.2) is 24.0 Å². The van der Waals surface area contributed by atoms with Crippen LogP contribution in [0.2, 0.25) is 0 Å². The molecule has 0 saturated heterocycles. The van der Waals surface area contributed by atoms with Crippen molar-refractivity contribution in [2.24, 2.45) is 5.41 Å². The number of fused-ring (bicyclic) bond motifs is 1. The van der Waals surface area contributed by atoms with E-state index >= 15 is 0 Å². The first-order valence-corrected chi connectivity index (χ1v) is 11.8. The fraction of sp³-hybridized carbons (Fsp3) is 0.448. The molecule has 0 amide bonds. The van der Waals surface area contributed by atoms with Crippen LogP contribution < -0.4 is 4.74 Å². The van der Waals surface area contributed by atoms with Gasteiger partial charge in [0.05, 0.1) is 0 Å². The van der Waals surface area contributed by atoms with Crippen LogP contribution in [-0.2, 0) is 10.2 Å². The number of aldehydes is 1. The van der Waals surface area contributed by atoms with Crippen molar-refractivity contribution in [1.82, 2.24) is 0 Å². The Kier molecular flexibility index (Phi) is 8.71. The van der Waals surface area contributed by atoms with Gasteiger partial charge in [-0.15, -0.1) is 0 Å². The van der Waals surface area contributed by atoms with Crippen LogP contribution in [0.5, 0.6) is 5.75 Å². The molecule has 184 valence electrons. The van der Waals surface area contributed by atoms with Crippen LogP contribution >= 0.6 is 0 Å². The second kappa shape index (κ2) is 10.9. The lowest BCUT2D eigenvalue weighted by atomic mass is 9.70. The molecule has 0 atom stereocenters. The Balaban J connectivity index is 0.000000739. The third-order valence-corrected chi connectivity index (χ3v) is 5.92. The lowest BCUT2D eigenvalue weighted by Gasteiger charge is -2.34. The molecule has 1 aromatic heterocycles. The highest BCUT2D eigenvalue weighted by Crippen LogP contribution is 2.42. The first-order valence-electron chi connectivity index (χ1n) is 11.8. The van der Waals surface area contributed by atoms with Gasteiger partial charge >= 0.3 is 5.97 Å². The predicted molar refractivity (Wildman–Crippen MR) is 137 cm³/mol. The number of ether oxygens (including phenoxy) is 1. The zero-order valence-electron chi connectivity index (χ0n) is 21.7. The molecule has 0 spiro atoms. The summed E-state index contributed by atoms with van der Waals surface area (Å²) in [7, 11) is 0. The quantitative estimate of drug-likeness (QED) is 0.348. The van der Waals surface area contributed by atoms with Crippen LogP contribution in [0.25, 0.3) is 11.0 Å². The minimum absolute atomic E-state index is 0.0109. The highest BCUT2D eigenvalue weighted by atomic mass is 16.5. The summed E-state index contributed by atoms with van der Waals surface area (Å²) >= 11 is 0. The highest BCUT2D eigenvalue weighted by molar-refractivity contribution is 5.95. The minimum Gasteiger partial charge on any atom is -0.486 e. The van der Waals surface area contributed by atoms with Gasteiger partial charge in [0.1, 0.15) is 17.9 Å². The van der Waals surface area contributed by atoms with Gasteiger partial charge in [-0.05, 0) is 67.0 Å². The zero-order valence-corrected chi connectivity index (χ0v) is 21.7. The summed E-state index contributed by atoms with van der Waals surface area (Å²) in [5.74, 6) is -0.364. The molecule has 0 aliphatic rings. The smallest absolute Gasteiger partial charge is 0.372 e. The molecule has 5 nitrogen and oxygen atoms in total. The molecule has 0 saturated carbocycles. The average Bonchev–Trinajstić information content (AvgIpc) is 3.10. The van der Waals surface area contributed by atoms with Gasteiger partial charge in [-0.3, -0.25) is 4.79 Å². The van der Waals surface area contributed by atoms with E-state index in [0.29, 0.717) is 22.3 Å². The van der Waals surface area contributed by atoms with Crippen molar-refractivity contribution in [3.63, 3.8) is 0 Å². The van der Waals surface area contributed by atoms with Gasteiger partial charge in [-0.2, -0.15) is 0 Å². The molecule has 0 bridgehead atoms. The minimum atomic E-state index is -1.06. The Labute approximate surface area is 203 Å². The lowest BCUT2D eigenvalue weighted by molar-refractivity contribution is -0.109. The maximum Gasteiger partial charge on any atom is 0.372 e. The molecule has 1 heterocycles. The van der Waals surface area contributed by atoms with E-state index in [1.807, 2.05) is 25.1 Å². The Morgan fingerprint density at radius 2 is 1.56 bits per heavy atom. The maximum absolute atomic E-state index is 11.4. The fourth-order valence-corrected chi connectivity index (χ4v) is 4.19. The third-order valence-electron chi connectivity index (χ3n) is 5.92. The molecule has 0 radical (unpaired) electrons. The summed E-state index contributed by atoms with van der Waals surface area (Å²) in [6.07, 6.45) is 2.50. The van der Waals surface area contributed by atoms with Crippen molar-refractivity contribution in [3.8, 4) is 5.75 Å². The number of hydrogen-bond donors (Lipinski definition) is 1. The van der Waals surface area contributed by atoms with E-state index in [-0.39, 0.29) is 17.8 Å². The van der Waals surface area contributed by atoms with Gasteiger partial charge < -0.3 is 14.3 Å². The van der Waals surface area contributed by atoms with Gasteiger partial charge in [-0.25, -0.2) is 4.79 Å². The normalized spacial score (nSPS) is 11.6. The number of carboxylic acids is 1. The van der Waals surface area contributed by atoms with Crippen molar-refractivity contribution >= 4 is 23.2 Å². The van der Waals surface area contributed by atoms with Crippen molar-refractivity contribution in [1.29, 1.82) is 0 Å².